The van der Waals surface area contributed by atoms with Gasteiger partial charge in [0.25, 0.3) is 11.6 Å². The third kappa shape index (κ3) is 6.01. The lowest BCUT2D eigenvalue weighted by molar-refractivity contribution is -0.384. The van der Waals surface area contributed by atoms with Crippen molar-refractivity contribution in [2.75, 3.05) is 37.8 Å². The van der Waals surface area contributed by atoms with Gasteiger partial charge < -0.3 is 19.7 Å². The van der Waals surface area contributed by atoms with Crippen LogP contribution in [0.4, 0.5) is 11.4 Å². The molecule has 3 aromatic rings. The predicted octanol–water partition coefficient (Wildman–Crippen LogP) is 3.49. The summed E-state index contributed by atoms with van der Waals surface area (Å²) in [5.74, 6) is -1.30. The molecule has 0 unspecified atom stereocenters. The molecule has 1 N–H and O–H groups in total. The van der Waals surface area contributed by atoms with Crippen LogP contribution in [0.2, 0.25) is 0 Å². The molecule has 0 aromatic heterocycles. The van der Waals surface area contributed by atoms with Gasteiger partial charge in [-0.25, -0.2) is 4.79 Å². The molecule has 180 valence electrons. The number of morpholine rings is 1. The van der Waals surface area contributed by atoms with Gasteiger partial charge in [-0.15, -0.1) is 0 Å². The third-order valence-electron chi connectivity index (χ3n) is 5.67. The van der Waals surface area contributed by atoms with Crippen molar-refractivity contribution in [1.82, 2.24) is 5.32 Å². The van der Waals surface area contributed by atoms with Crippen LogP contribution in [0.25, 0.3) is 0 Å². The molecule has 0 atom stereocenters. The van der Waals surface area contributed by atoms with Crippen LogP contribution in [0.15, 0.2) is 78.9 Å². The number of amides is 1. The van der Waals surface area contributed by atoms with E-state index in [0.717, 1.165) is 11.1 Å². The zero-order valence-electron chi connectivity index (χ0n) is 19.0. The van der Waals surface area contributed by atoms with Crippen LogP contribution in [-0.2, 0) is 14.3 Å². The molecule has 0 bridgehead atoms. The summed E-state index contributed by atoms with van der Waals surface area (Å²) in [5.41, 5.74) is 1.99. The quantitative estimate of drug-likeness (QED) is 0.302. The van der Waals surface area contributed by atoms with E-state index in [0.29, 0.717) is 32.0 Å². The Kier molecular flexibility index (Phi) is 7.69. The predicted molar refractivity (Wildman–Crippen MR) is 129 cm³/mol. The van der Waals surface area contributed by atoms with Gasteiger partial charge >= 0.3 is 5.97 Å². The first-order valence-electron chi connectivity index (χ1n) is 11.2. The number of carbonyl (C=O) groups excluding carboxylic acids is 2. The first-order chi connectivity index (χ1) is 17.0. The fourth-order valence-electron chi connectivity index (χ4n) is 3.94. The average Bonchev–Trinajstić information content (AvgIpc) is 2.91. The minimum absolute atomic E-state index is 0.00387. The lowest BCUT2D eigenvalue weighted by atomic mass is 9.99. The van der Waals surface area contributed by atoms with Crippen molar-refractivity contribution in [3.8, 4) is 0 Å². The summed E-state index contributed by atoms with van der Waals surface area (Å²) >= 11 is 0. The van der Waals surface area contributed by atoms with Crippen molar-refractivity contribution in [1.29, 1.82) is 0 Å². The maximum Gasteiger partial charge on any atom is 0.338 e. The molecule has 35 heavy (non-hydrogen) atoms. The average molecular weight is 476 g/mol. The Labute approximate surface area is 202 Å². The number of rotatable bonds is 8. The molecule has 3 aromatic carbocycles. The zero-order chi connectivity index (χ0) is 24.6. The standard InChI is InChI=1S/C26H25N3O6/c30-24(27-25(19-7-3-1-4-8-19)20-9-5-2-6-10-20)18-35-26(31)21-11-12-22(23(17-21)29(32)33)28-13-15-34-16-14-28/h1-12,17,25H,13-16,18H2,(H,27,30). The van der Waals surface area contributed by atoms with Gasteiger partial charge in [0.15, 0.2) is 6.61 Å². The number of nitro benzene ring substituents is 1. The lowest BCUT2D eigenvalue weighted by Gasteiger charge is -2.28. The minimum Gasteiger partial charge on any atom is -0.452 e. The number of nitro groups is 1. The van der Waals surface area contributed by atoms with E-state index in [9.17, 15) is 19.7 Å². The fourth-order valence-corrected chi connectivity index (χ4v) is 3.94. The normalized spacial score (nSPS) is 13.3. The van der Waals surface area contributed by atoms with E-state index in [1.54, 1.807) is 0 Å². The molecule has 1 aliphatic heterocycles. The molecule has 0 spiro atoms. The van der Waals surface area contributed by atoms with Gasteiger partial charge in [0, 0.05) is 19.2 Å². The molecular weight excluding hydrogens is 450 g/mol. The Morgan fingerprint density at radius 3 is 2.14 bits per heavy atom. The Morgan fingerprint density at radius 2 is 1.57 bits per heavy atom. The third-order valence-corrected chi connectivity index (χ3v) is 5.67. The Hall–Kier alpha value is -4.24. The smallest absolute Gasteiger partial charge is 0.338 e. The molecule has 9 heteroatoms. The van der Waals surface area contributed by atoms with Crippen LogP contribution in [0, 0.1) is 10.1 Å². The summed E-state index contributed by atoms with van der Waals surface area (Å²) in [7, 11) is 0. The van der Waals surface area contributed by atoms with Crippen molar-refractivity contribution in [2.45, 2.75) is 6.04 Å². The van der Waals surface area contributed by atoms with E-state index >= 15 is 0 Å². The number of nitrogens with zero attached hydrogens (tertiary/aromatic N) is 2. The minimum atomic E-state index is -0.812. The number of esters is 1. The van der Waals surface area contributed by atoms with E-state index in [1.165, 1.54) is 18.2 Å². The van der Waals surface area contributed by atoms with Gasteiger partial charge in [-0.2, -0.15) is 0 Å². The van der Waals surface area contributed by atoms with Gasteiger partial charge in [0.05, 0.1) is 29.7 Å². The zero-order valence-corrected chi connectivity index (χ0v) is 19.0. The summed E-state index contributed by atoms with van der Waals surface area (Å²) in [5, 5.41) is 14.5. The number of nitrogens with one attached hydrogen (secondary N) is 1. The molecule has 9 nitrogen and oxygen atoms in total. The topological polar surface area (TPSA) is 111 Å². The Balaban J connectivity index is 1.43. The largest absolute Gasteiger partial charge is 0.452 e. The van der Waals surface area contributed by atoms with Gasteiger partial charge in [0.1, 0.15) is 5.69 Å². The molecule has 4 rings (SSSR count). The maximum atomic E-state index is 12.7. The van der Waals surface area contributed by atoms with E-state index in [4.69, 9.17) is 9.47 Å². The Morgan fingerprint density at radius 1 is 0.971 bits per heavy atom. The monoisotopic (exact) mass is 475 g/mol. The SMILES string of the molecule is O=C(COC(=O)c1ccc(N2CCOCC2)c([N+](=O)[O-])c1)NC(c1ccccc1)c1ccccc1. The van der Waals surface area contributed by atoms with Crippen LogP contribution >= 0.6 is 0 Å². The number of benzene rings is 3. The van der Waals surface area contributed by atoms with Crippen molar-refractivity contribution in [2.24, 2.45) is 0 Å². The van der Waals surface area contributed by atoms with Crippen molar-refractivity contribution in [3.05, 3.63) is 106 Å². The molecule has 1 aliphatic rings. The molecular formula is C26H25N3O6. The molecule has 1 heterocycles. The van der Waals surface area contributed by atoms with Crippen molar-refractivity contribution >= 4 is 23.3 Å². The molecule has 1 amide bonds. The van der Waals surface area contributed by atoms with Crippen LogP contribution in [0.5, 0.6) is 0 Å². The van der Waals surface area contributed by atoms with Gasteiger partial charge in [0.2, 0.25) is 0 Å². The molecule has 1 fully saturated rings. The maximum absolute atomic E-state index is 12.7. The summed E-state index contributed by atoms with van der Waals surface area (Å²) in [6, 6.07) is 22.7. The number of anilines is 1. The van der Waals surface area contributed by atoms with E-state index in [-0.39, 0.29) is 11.3 Å². The summed E-state index contributed by atoms with van der Waals surface area (Å²) in [4.78, 5) is 38.2. The first-order valence-corrected chi connectivity index (χ1v) is 11.2. The summed E-state index contributed by atoms with van der Waals surface area (Å²) in [6.07, 6.45) is 0. The molecule has 0 radical (unpaired) electrons. The highest BCUT2D eigenvalue weighted by atomic mass is 16.6. The van der Waals surface area contributed by atoms with E-state index < -0.39 is 29.4 Å². The number of hydrogen-bond acceptors (Lipinski definition) is 7. The van der Waals surface area contributed by atoms with Crippen LogP contribution in [0.1, 0.15) is 27.5 Å². The van der Waals surface area contributed by atoms with E-state index in [2.05, 4.69) is 5.32 Å². The molecule has 0 saturated carbocycles. The van der Waals surface area contributed by atoms with Crippen LogP contribution < -0.4 is 10.2 Å². The second-order valence-electron chi connectivity index (χ2n) is 7.96. The highest BCUT2D eigenvalue weighted by molar-refractivity contribution is 5.93. The molecule has 1 saturated heterocycles. The van der Waals surface area contributed by atoms with Gasteiger partial charge in [-0.1, -0.05) is 60.7 Å². The fraction of sp³-hybridized carbons (Fsp3) is 0.231. The van der Waals surface area contributed by atoms with Crippen molar-refractivity contribution in [3.63, 3.8) is 0 Å². The lowest BCUT2D eigenvalue weighted by Crippen LogP contribution is -2.36. The van der Waals surface area contributed by atoms with E-state index in [1.807, 2.05) is 65.6 Å². The van der Waals surface area contributed by atoms with Gasteiger partial charge in [-0.3, -0.25) is 14.9 Å². The number of hydrogen-bond donors (Lipinski definition) is 1. The number of ether oxygens (including phenoxy) is 2. The highest BCUT2D eigenvalue weighted by Gasteiger charge is 2.24. The van der Waals surface area contributed by atoms with Crippen molar-refractivity contribution < 1.29 is 24.0 Å². The number of carbonyl (C=O) groups is 2. The second kappa shape index (κ2) is 11.3. The summed E-state index contributed by atoms with van der Waals surface area (Å²) in [6.45, 7) is 1.48. The Bertz CT molecular complexity index is 1140. The second-order valence-corrected chi connectivity index (χ2v) is 7.96. The summed E-state index contributed by atoms with van der Waals surface area (Å²) < 4.78 is 10.5. The van der Waals surface area contributed by atoms with Crippen LogP contribution in [-0.4, -0.2) is 49.7 Å². The molecule has 0 aliphatic carbocycles. The van der Waals surface area contributed by atoms with Gasteiger partial charge in [-0.05, 0) is 23.3 Å². The first kappa shape index (κ1) is 23.9. The van der Waals surface area contributed by atoms with Crippen LogP contribution in [0.3, 0.4) is 0 Å². The highest BCUT2D eigenvalue weighted by Crippen LogP contribution is 2.30.